The molecular formula is C16H26N2O3. The zero-order chi connectivity index (χ0) is 15.2. The van der Waals surface area contributed by atoms with Crippen LogP contribution in [0.25, 0.3) is 0 Å². The standard InChI is InChI=1S/C16H26N2O3/c1-13(12-19)11-17-6-8-18(9-7-17)15-5-4-14(20-2)10-16(15)21-3/h4-5,10,13,19H,6-9,11-12H2,1-3H3. The molecule has 0 bridgehead atoms. The van der Waals surface area contributed by atoms with Crippen molar-refractivity contribution >= 4 is 5.69 Å². The third-order valence-electron chi connectivity index (χ3n) is 3.98. The second kappa shape index (κ2) is 7.52. The molecule has 0 spiro atoms. The van der Waals surface area contributed by atoms with Crippen LogP contribution < -0.4 is 14.4 Å². The lowest BCUT2D eigenvalue weighted by molar-refractivity contribution is 0.167. The maximum absolute atomic E-state index is 9.15. The average Bonchev–Trinajstić information content (AvgIpc) is 2.54. The molecule has 1 saturated heterocycles. The molecule has 1 heterocycles. The maximum Gasteiger partial charge on any atom is 0.145 e. The molecule has 1 aromatic rings. The van der Waals surface area contributed by atoms with Crippen molar-refractivity contribution in [1.29, 1.82) is 0 Å². The monoisotopic (exact) mass is 294 g/mol. The highest BCUT2D eigenvalue weighted by molar-refractivity contribution is 5.61. The molecule has 5 nitrogen and oxygen atoms in total. The predicted molar refractivity (Wildman–Crippen MR) is 84.4 cm³/mol. The summed E-state index contributed by atoms with van der Waals surface area (Å²) in [6.45, 7) is 7.27. The lowest BCUT2D eigenvalue weighted by atomic mass is 10.1. The molecule has 1 unspecified atom stereocenters. The number of benzene rings is 1. The summed E-state index contributed by atoms with van der Waals surface area (Å²) >= 11 is 0. The van der Waals surface area contributed by atoms with Crippen LogP contribution in [0.2, 0.25) is 0 Å². The predicted octanol–water partition coefficient (Wildman–Crippen LogP) is 1.45. The van der Waals surface area contributed by atoms with E-state index in [0.717, 1.165) is 49.9 Å². The number of anilines is 1. The van der Waals surface area contributed by atoms with Gasteiger partial charge in [-0.3, -0.25) is 4.90 Å². The van der Waals surface area contributed by atoms with E-state index in [-0.39, 0.29) is 6.61 Å². The van der Waals surface area contributed by atoms with Crippen molar-refractivity contribution in [3.05, 3.63) is 18.2 Å². The minimum absolute atomic E-state index is 0.256. The minimum Gasteiger partial charge on any atom is -0.497 e. The van der Waals surface area contributed by atoms with Crippen LogP contribution in [-0.4, -0.2) is 63.6 Å². The summed E-state index contributed by atoms with van der Waals surface area (Å²) in [5.74, 6) is 2.00. The van der Waals surface area contributed by atoms with Crippen molar-refractivity contribution in [2.45, 2.75) is 6.92 Å². The van der Waals surface area contributed by atoms with E-state index in [9.17, 15) is 0 Å². The average molecular weight is 294 g/mol. The highest BCUT2D eigenvalue weighted by Crippen LogP contribution is 2.32. The molecule has 5 heteroatoms. The van der Waals surface area contributed by atoms with Gasteiger partial charge >= 0.3 is 0 Å². The first kappa shape index (κ1) is 15.9. The third kappa shape index (κ3) is 4.02. The smallest absolute Gasteiger partial charge is 0.145 e. The van der Waals surface area contributed by atoms with Crippen LogP contribution in [0.4, 0.5) is 5.69 Å². The molecule has 1 N–H and O–H groups in total. The third-order valence-corrected chi connectivity index (χ3v) is 3.98. The zero-order valence-electron chi connectivity index (χ0n) is 13.2. The zero-order valence-corrected chi connectivity index (χ0v) is 13.2. The van der Waals surface area contributed by atoms with Crippen molar-refractivity contribution < 1.29 is 14.6 Å². The lowest BCUT2D eigenvalue weighted by Crippen LogP contribution is -2.48. The van der Waals surface area contributed by atoms with Gasteiger partial charge in [-0.25, -0.2) is 0 Å². The molecule has 0 saturated carbocycles. The Labute approximate surface area is 127 Å². The number of methoxy groups -OCH3 is 2. The molecule has 1 fully saturated rings. The van der Waals surface area contributed by atoms with E-state index < -0.39 is 0 Å². The molecule has 1 aliphatic rings. The number of piperazine rings is 1. The highest BCUT2D eigenvalue weighted by Gasteiger charge is 2.20. The first-order valence-electron chi connectivity index (χ1n) is 7.48. The quantitative estimate of drug-likeness (QED) is 0.860. The van der Waals surface area contributed by atoms with Crippen molar-refractivity contribution in [3.63, 3.8) is 0 Å². The van der Waals surface area contributed by atoms with Gasteiger partial charge in [0.25, 0.3) is 0 Å². The van der Waals surface area contributed by atoms with Crippen LogP contribution in [-0.2, 0) is 0 Å². The van der Waals surface area contributed by atoms with E-state index in [1.54, 1.807) is 14.2 Å². The largest absolute Gasteiger partial charge is 0.497 e. The molecule has 0 radical (unpaired) electrons. The number of rotatable bonds is 6. The van der Waals surface area contributed by atoms with E-state index in [2.05, 4.69) is 22.8 Å². The van der Waals surface area contributed by atoms with Gasteiger partial charge in [0.15, 0.2) is 0 Å². The Morgan fingerprint density at radius 1 is 1.14 bits per heavy atom. The van der Waals surface area contributed by atoms with Crippen molar-refractivity contribution in [1.82, 2.24) is 4.90 Å². The Bertz CT molecular complexity index is 445. The summed E-state index contributed by atoms with van der Waals surface area (Å²) in [6, 6.07) is 5.96. The molecule has 1 atom stereocenters. The normalized spacial score (nSPS) is 17.6. The summed E-state index contributed by atoms with van der Waals surface area (Å²) in [6.07, 6.45) is 0. The van der Waals surface area contributed by atoms with Gasteiger partial charge in [0.1, 0.15) is 11.5 Å². The molecule has 0 aromatic heterocycles. The van der Waals surface area contributed by atoms with Crippen LogP contribution in [0.5, 0.6) is 11.5 Å². The molecule has 0 amide bonds. The van der Waals surface area contributed by atoms with Gasteiger partial charge in [-0.15, -0.1) is 0 Å². The van der Waals surface area contributed by atoms with Gasteiger partial charge in [0, 0.05) is 45.4 Å². The number of hydrogen-bond donors (Lipinski definition) is 1. The molecule has 0 aliphatic carbocycles. The van der Waals surface area contributed by atoms with E-state index in [4.69, 9.17) is 14.6 Å². The van der Waals surface area contributed by atoms with Crippen LogP contribution in [0.3, 0.4) is 0 Å². The number of nitrogens with zero attached hydrogens (tertiary/aromatic N) is 2. The number of aliphatic hydroxyl groups is 1. The second-order valence-corrected chi connectivity index (χ2v) is 5.61. The van der Waals surface area contributed by atoms with Crippen molar-refractivity contribution in [2.75, 3.05) is 58.5 Å². The van der Waals surface area contributed by atoms with E-state index in [1.165, 1.54) is 0 Å². The Morgan fingerprint density at radius 2 is 1.86 bits per heavy atom. The maximum atomic E-state index is 9.15. The van der Waals surface area contributed by atoms with E-state index >= 15 is 0 Å². The summed E-state index contributed by atoms with van der Waals surface area (Å²) in [7, 11) is 3.35. The van der Waals surface area contributed by atoms with Gasteiger partial charge in [0.05, 0.1) is 19.9 Å². The van der Waals surface area contributed by atoms with Gasteiger partial charge in [-0.05, 0) is 18.1 Å². The van der Waals surface area contributed by atoms with Gasteiger partial charge in [0.2, 0.25) is 0 Å². The van der Waals surface area contributed by atoms with Gasteiger partial charge in [-0.2, -0.15) is 0 Å². The lowest BCUT2D eigenvalue weighted by Gasteiger charge is -2.37. The fourth-order valence-corrected chi connectivity index (χ4v) is 2.72. The molecule has 118 valence electrons. The molecule has 2 rings (SSSR count). The minimum atomic E-state index is 0.256. The Balaban J connectivity index is 1.98. The Kier molecular flexibility index (Phi) is 5.70. The van der Waals surface area contributed by atoms with Crippen LogP contribution in [0.15, 0.2) is 18.2 Å². The first-order chi connectivity index (χ1) is 10.2. The van der Waals surface area contributed by atoms with Crippen molar-refractivity contribution in [2.24, 2.45) is 5.92 Å². The fourth-order valence-electron chi connectivity index (χ4n) is 2.72. The van der Waals surface area contributed by atoms with Gasteiger partial charge < -0.3 is 19.5 Å². The molecule has 1 aliphatic heterocycles. The van der Waals surface area contributed by atoms with Crippen LogP contribution >= 0.6 is 0 Å². The summed E-state index contributed by atoms with van der Waals surface area (Å²) in [5.41, 5.74) is 1.12. The van der Waals surface area contributed by atoms with Gasteiger partial charge in [-0.1, -0.05) is 6.92 Å². The number of aliphatic hydroxyl groups excluding tert-OH is 1. The fraction of sp³-hybridized carbons (Fsp3) is 0.625. The number of hydrogen-bond acceptors (Lipinski definition) is 5. The SMILES string of the molecule is COc1ccc(N2CCN(CC(C)CO)CC2)c(OC)c1. The molecule has 1 aromatic carbocycles. The molecule has 21 heavy (non-hydrogen) atoms. The first-order valence-corrected chi connectivity index (χ1v) is 7.48. The summed E-state index contributed by atoms with van der Waals surface area (Å²) < 4.78 is 10.7. The number of ether oxygens (including phenoxy) is 2. The topological polar surface area (TPSA) is 45.2 Å². The summed E-state index contributed by atoms with van der Waals surface area (Å²) in [5, 5.41) is 9.15. The summed E-state index contributed by atoms with van der Waals surface area (Å²) in [4.78, 5) is 4.76. The van der Waals surface area contributed by atoms with Crippen LogP contribution in [0, 0.1) is 5.92 Å². The molecular weight excluding hydrogens is 268 g/mol. The van der Waals surface area contributed by atoms with E-state index in [0.29, 0.717) is 5.92 Å². The van der Waals surface area contributed by atoms with Crippen molar-refractivity contribution in [3.8, 4) is 11.5 Å². The van der Waals surface area contributed by atoms with E-state index in [1.807, 2.05) is 12.1 Å². The Hall–Kier alpha value is -1.46. The second-order valence-electron chi connectivity index (χ2n) is 5.61. The van der Waals surface area contributed by atoms with Crippen LogP contribution in [0.1, 0.15) is 6.92 Å². The highest BCUT2D eigenvalue weighted by atomic mass is 16.5. The Morgan fingerprint density at radius 3 is 2.43 bits per heavy atom.